The number of aryl methyl sites for hydroxylation is 2. The molecule has 0 saturated carbocycles. The Kier molecular flexibility index (Phi) is 8.54. The van der Waals surface area contributed by atoms with E-state index in [1.807, 2.05) is 31.3 Å². The molecule has 0 aliphatic rings. The molecule has 3 rings (SSSR count). The summed E-state index contributed by atoms with van der Waals surface area (Å²) >= 11 is 0. The standard InChI is InChI=1S/C28H35NO2/c1-4-10-21-12-9-15-24(18-21)25-19-22(11-5-2)20-27(28(25)30)31-26(16-17-29-3)23-13-7-6-8-14-23/h6-9,12-15,18-20,26,29-30H,4-5,10-11,16-17H2,1-3H3. The highest BCUT2D eigenvalue weighted by molar-refractivity contribution is 5.75. The maximum absolute atomic E-state index is 11.2. The van der Waals surface area contributed by atoms with Gasteiger partial charge in [0.2, 0.25) is 0 Å². The quantitative estimate of drug-likeness (QED) is 0.365. The third kappa shape index (κ3) is 6.11. The minimum absolute atomic E-state index is 0.129. The van der Waals surface area contributed by atoms with E-state index in [2.05, 4.69) is 61.6 Å². The summed E-state index contributed by atoms with van der Waals surface area (Å²) in [7, 11) is 1.95. The average molecular weight is 418 g/mol. The van der Waals surface area contributed by atoms with Crippen LogP contribution in [0, 0.1) is 0 Å². The smallest absolute Gasteiger partial charge is 0.165 e. The number of benzene rings is 3. The lowest BCUT2D eigenvalue weighted by atomic mass is 9.96. The highest BCUT2D eigenvalue weighted by Gasteiger charge is 2.19. The first-order chi connectivity index (χ1) is 15.2. The number of phenolic OH excluding ortho intramolecular Hbond substituents is 1. The van der Waals surface area contributed by atoms with Crippen molar-refractivity contribution in [1.29, 1.82) is 0 Å². The highest BCUT2D eigenvalue weighted by Crippen LogP contribution is 2.41. The molecule has 3 heteroatoms. The summed E-state index contributed by atoms with van der Waals surface area (Å²) in [4.78, 5) is 0. The molecule has 0 saturated heterocycles. The molecule has 0 bridgehead atoms. The zero-order chi connectivity index (χ0) is 22.1. The number of hydrogen-bond donors (Lipinski definition) is 2. The molecule has 0 radical (unpaired) electrons. The second kappa shape index (κ2) is 11.6. The Balaban J connectivity index is 2.01. The molecular formula is C28H35NO2. The lowest BCUT2D eigenvalue weighted by Crippen LogP contribution is -2.16. The van der Waals surface area contributed by atoms with Gasteiger partial charge >= 0.3 is 0 Å². The summed E-state index contributed by atoms with van der Waals surface area (Å²) in [6.45, 7) is 5.20. The lowest BCUT2D eigenvalue weighted by Gasteiger charge is -2.22. The topological polar surface area (TPSA) is 41.5 Å². The molecule has 1 atom stereocenters. The molecule has 0 aliphatic heterocycles. The fraction of sp³-hybridized carbons (Fsp3) is 0.357. The van der Waals surface area contributed by atoms with E-state index in [0.717, 1.165) is 55.3 Å². The fourth-order valence-corrected chi connectivity index (χ4v) is 3.98. The van der Waals surface area contributed by atoms with Crippen molar-refractivity contribution in [2.75, 3.05) is 13.6 Å². The van der Waals surface area contributed by atoms with E-state index in [9.17, 15) is 5.11 Å². The number of nitrogens with one attached hydrogen (secondary N) is 1. The third-order valence-electron chi connectivity index (χ3n) is 5.55. The lowest BCUT2D eigenvalue weighted by molar-refractivity contribution is 0.187. The maximum Gasteiger partial charge on any atom is 0.165 e. The van der Waals surface area contributed by atoms with Gasteiger partial charge in [0.25, 0.3) is 0 Å². The van der Waals surface area contributed by atoms with E-state index in [1.54, 1.807) is 0 Å². The SMILES string of the molecule is CCCc1cccc(-c2cc(CCC)cc(OC(CCNC)c3ccccc3)c2O)c1. The summed E-state index contributed by atoms with van der Waals surface area (Å²) < 4.78 is 6.47. The molecule has 0 fully saturated rings. The summed E-state index contributed by atoms with van der Waals surface area (Å²) in [6.07, 6.45) is 4.82. The molecule has 3 aromatic rings. The van der Waals surface area contributed by atoms with Crippen LogP contribution in [0.3, 0.4) is 0 Å². The van der Waals surface area contributed by atoms with Gasteiger partial charge in [0.05, 0.1) is 0 Å². The van der Waals surface area contributed by atoms with Crippen LogP contribution in [0.25, 0.3) is 11.1 Å². The molecule has 0 heterocycles. The molecule has 0 spiro atoms. The van der Waals surface area contributed by atoms with E-state index in [4.69, 9.17) is 4.74 Å². The van der Waals surface area contributed by atoms with Crippen LogP contribution in [0.4, 0.5) is 0 Å². The van der Waals surface area contributed by atoms with Gasteiger partial charge in [-0.3, -0.25) is 0 Å². The highest BCUT2D eigenvalue weighted by atomic mass is 16.5. The van der Waals surface area contributed by atoms with Crippen LogP contribution in [0.2, 0.25) is 0 Å². The molecule has 31 heavy (non-hydrogen) atoms. The van der Waals surface area contributed by atoms with Crippen LogP contribution in [-0.2, 0) is 12.8 Å². The summed E-state index contributed by atoms with van der Waals surface area (Å²) in [5.74, 6) is 0.783. The molecule has 0 aromatic heterocycles. The number of ether oxygens (including phenoxy) is 1. The fourth-order valence-electron chi connectivity index (χ4n) is 3.98. The summed E-state index contributed by atoms with van der Waals surface area (Å²) in [5.41, 5.74) is 5.48. The Hall–Kier alpha value is -2.78. The first-order valence-electron chi connectivity index (χ1n) is 11.5. The average Bonchev–Trinajstić information content (AvgIpc) is 2.79. The van der Waals surface area contributed by atoms with Gasteiger partial charge in [0.15, 0.2) is 11.5 Å². The van der Waals surface area contributed by atoms with Crippen LogP contribution in [0.15, 0.2) is 66.7 Å². The van der Waals surface area contributed by atoms with Crippen LogP contribution in [-0.4, -0.2) is 18.7 Å². The molecule has 164 valence electrons. The normalized spacial score (nSPS) is 12.0. The number of aromatic hydroxyl groups is 1. The van der Waals surface area contributed by atoms with Gasteiger partial charge in [-0.05, 0) is 60.8 Å². The molecule has 0 amide bonds. The van der Waals surface area contributed by atoms with Gasteiger partial charge in [-0.2, -0.15) is 0 Å². The van der Waals surface area contributed by atoms with Crippen molar-refractivity contribution >= 4 is 0 Å². The van der Waals surface area contributed by atoms with Crippen molar-refractivity contribution in [2.24, 2.45) is 0 Å². The molecule has 2 N–H and O–H groups in total. The van der Waals surface area contributed by atoms with Crippen molar-refractivity contribution < 1.29 is 9.84 Å². The summed E-state index contributed by atoms with van der Waals surface area (Å²) in [5, 5.41) is 14.4. The van der Waals surface area contributed by atoms with E-state index >= 15 is 0 Å². The van der Waals surface area contributed by atoms with Gasteiger partial charge in [-0.25, -0.2) is 0 Å². The second-order valence-corrected chi connectivity index (χ2v) is 8.10. The Labute approximate surface area is 187 Å². The monoisotopic (exact) mass is 417 g/mol. The minimum atomic E-state index is -0.129. The molecule has 0 aliphatic carbocycles. The van der Waals surface area contributed by atoms with Crippen LogP contribution in [0.5, 0.6) is 11.5 Å². The number of phenols is 1. The predicted octanol–water partition coefficient (Wildman–Crippen LogP) is 6.69. The Morgan fingerprint density at radius 1 is 0.871 bits per heavy atom. The molecular weight excluding hydrogens is 382 g/mol. The van der Waals surface area contributed by atoms with Gasteiger partial charge in [0, 0.05) is 12.0 Å². The van der Waals surface area contributed by atoms with Crippen molar-refractivity contribution in [2.45, 2.75) is 52.1 Å². The predicted molar refractivity (Wildman–Crippen MR) is 130 cm³/mol. The minimum Gasteiger partial charge on any atom is -0.504 e. The van der Waals surface area contributed by atoms with E-state index in [-0.39, 0.29) is 11.9 Å². The van der Waals surface area contributed by atoms with Crippen LogP contribution >= 0.6 is 0 Å². The molecule has 1 unspecified atom stereocenters. The van der Waals surface area contributed by atoms with E-state index in [0.29, 0.717) is 5.75 Å². The van der Waals surface area contributed by atoms with Gasteiger partial charge < -0.3 is 15.2 Å². The van der Waals surface area contributed by atoms with Crippen molar-refractivity contribution in [1.82, 2.24) is 5.32 Å². The number of rotatable bonds is 11. The first-order valence-corrected chi connectivity index (χ1v) is 11.5. The van der Waals surface area contributed by atoms with Gasteiger partial charge in [-0.15, -0.1) is 0 Å². The Morgan fingerprint density at radius 3 is 2.32 bits per heavy atom. The Morgan fingerprint density at radius 2 is 1.61 bits per heavy atom. The summed E-state index contributed by atoms with van der Waals surface area (Å²) in [6, 6.07) is 22.9. The second-order valence-electron chi connectivity index (χ2n) is 8.10. The maximum atomic E-state index is 11.2. The molecule has 3 nitrogen and oxygen atoms in total. The van der Waals surface area contributed by atoms with Gasteiger partial charge in [0.1, 0.15) is 6.10 Å². The van der Waals surface area contributed by atoms with Crippen LogP contribution in [0.1, 0.15) is 55.9 Å². The van der Waals surface area contributed by atoms with Crippen molar-refractivity contribution in [3.05, 3.63) is 83.4 Å². The third-order valence-corrected chi connectivity index (χ3v) is 5.55. The first kappa shape index (κ1) is 22.9. The van der Waals surface area contributed by atoms with Crippen LogP contribution < -0.4 is 10.1 Å². The largest absolute Gasteiger partial charge is 0.504 e. The van der Waals surface area contributed by atoms with Gasteiger partial charge in [-0.1, -0.05) is 81.3 Å². The van der Waals surface area contributed by atoms with Crippen molar-refractivity contribution in [3.8, 4) is 22.6 Å². The van der Waals surface area contributed by atoms with E-state index < -0.39 is 0 Å². The van der Waals surface area contributed by atoms with E-state index in [1.165, 1.54) is 11.1 Å². The molecule has 3 aromatic carbocycles. The zero-order valence-electron chi connectivity index (χ0n) is 19.0. The number of hydrogen-bond acceptors (Lipinski definition) is 3. The van der Waals surface area contributed by atoms with Crippen molar-refractivity contribution in [3.63, 3.8) is 0 Å². The zero-order valence-corrected chi connectivity index (χ0v) is 19.0. The Bertz CT molecular complexity index is 952.